The maximum atomic E-state index is 6.07. The molecule has 1 aromatic rings. The smallest absolute Gasteiger partial charge is 0.125 e. The molecule has 170 valence electrons. The summed E-state index contributed by atoms with van der Waals surface area (Å²) in [6.07, 6.45) is 13.3. The van der Waals surface area contributed by atoms with Crippen LogP contribution in [0.2, 0.25) is 0 Å². The summed E-state index contributed by atoms with van der Waals surface area (Å²) < 4.78 is 11.8. The van der Waals surface area contributed by atoms with Crippen molar-refractivity contribution in [2.75, 3.05) is 40.0 Å². The van der Waals surface area contributed by atoms with Crippen molar-refractivity contribution in [3.63, 3.8) is 0 Å². The number of hydrogen-bond acceptors (Lipinski definition) is 5. The van der Waals surface area contributed by atoms with Gasteiger partial charge in [-0.05, 0) is 70.0 Å². The first-order valence-corrected chi connectivity index (χ1v) is 11.4. The van der Waals surface area contributed by atoms with Crippen LogP contribution in [0.15, 0.2) is 29.4 Å². The van der Waals surface area contributed by atoms with E-state index in [1.807, 2.05) is 25.3 Å². The zero-order valence-corrected chi connectivity index (χ0v) is 19.8. The predicted octanol–water partition coefficient (Wildman–Crippen LogP) is 5.93. The quantitative estimate of drug-likeness (QED) is 0.136. The fourth-order valence-electron chi connectivity index (χ4n) is 3.38. The zero-order chi connectivity index (χ0) is 22.0. The molecule has 1 aromatic carbocycles. The molecule has 0 aliphatic rings. The third-order valence-corrected chi connectivity index (χ3v) is 5.10. The van der Waals surface area contributed by atoms with Gasteiger partial charge in [-0.25, -0.2) is 0 Å². The maximum absolute atomic E-state index is 6.07. The van der Waals surface area contributed by atoms with Crippen molar-refractivity contribution in [1.29, 1.82) is 0 Å². The highest BCUT2D eigenvalue weighted by molar-refractivity contribution is 5.58. The first kappa shape index (κ1) is 26.0. The third kappa shape index (κ3) is 11.2. The summed E-state index contributed by atoms with van der Waals surface area (Å²) in [5.41, 5.74) is 2.28. The van der Waals surface area contributed by atoms with Crippen LogP contribution in [-0.4, -0.2) is 51.1 Å². The van der Waals surface area contributed by atoms with E-state index >= 15 is 0 Å². The van der Waals surface area contributed by atoms with Gasteiger partial charge in [0.05, 0.1) is 12.8 Å². The second-order valence-corrected chi connectivity index (χ2v) is 7.60. The fraction of sp³-hybridized carbons (Fsp3) is 0.640. The summed E-state index contributed by atoms with van der Waals surface area (Å²) in [7, 11) is 1.58. The van der Waals surface area contributed by atoms with E-state index in [0.29, 0.717) is 6.61 Å². The molecular weight excluding hydrogens is 376 g/mol. The molecule has 0 amide bonds. The monoisotopic (exact) mass is 418 g/mol. The van der Waals surface area contributed by atoms with E-state index < -0.39 is 0 Å². The second-order valence-electron chi connectivity index (χ2n) is 7.60. The van der Waals surface area contributed by atoms with Crippen molar-refractivity contribution in [2.45, 2.75) is 66.2 Å². The lowest BCUT2D eigenvalue weighted by atomic mass is 10.1. The standard InChI is InChI=1S/C25H42N2O3/c1-6-8-18-29-24-20-22(3)25(23(4)21-24)30-19-14-12-10-9-11-13-16-27(7-2)17-15-26-28-5/h6,8,15,20-21H,7,9-14,16-19H2,1-5H3/b8-6+,26-15+. The number of oxime groups is 1. The second kappa shape index (κ2) is 16.8. The number of ether oxygens (including phenoxy) is 2. The average Bonchev–Trinajstić information content (AvgIpc) is 2.73. The summed E-state index contributed by atoms with van der Waals surface area (Å²) in [6, 6.07) is 4.12. The van der Waals surface area contributed by atoms with Gasteiger partial charge in [-0.2, -0.15) is 0 Å². The number of allylic oxidation sites excluding steroid dienone is 1. The number of rotatable bonds is 17. The number of aryl methyl sites for hydroxylation is 2. The van der Waals surface area contributed by atoms with Crippen molar-refractivity contribution in [3.05, 3.63) is 35.4 Å². The van der Waals surface area contributed by atoms with Crippen LogP contribution in [0.3, 0.4) is 0 Å². The summed E-state index contributed by atoms with van der Waals surface area (Å²) in [5, 5.41) is 3.81. The van der Waals surface area contributed by atoms with Crippen molar-refractivity contribution < 1.29 is 14.3 Å². The lowest BCUT2D eigenvalue weighted by Gasteiger charge is -2.17. The minimum Gasteiger partial charge on any atom is -0.493 e. The molecule has 0 fully saturated rings. The van der Waals surface area contributed by atoms with Gasteiger partial charge >= 0.3 is 0 Å². The summed E-state index contributed by atoms with van der Waals surface area (Å²) in [6.45, 7) is 12.8. The van der Waals surface area contributed by atoms with Gasteiger partial charge in [0.15, 0.2) is 0 Å². The van der Waals surface area contributed by atoms with Crippen LogP contribution >= 0.6 is 0 Å². The van der Waals surface area contributed by atoms with Crippen molar-refractivity contribution in [2.24, 2.45) is 5.16 Å². The highest BCUT2D eigenvalue weighted by Crippen LogP contribution is 2.28. The number of hydrogen-bond donors (Lipinski definition) is 0. The van der Waals surface area contributed by atoms with E-state index in [2.05, 4.69) is 43.0 Å². The van der Waals surface area contributed by atoms with E-state index in [-0.39, 0.29) is 0 Å². The molecule has 0 bridgehead atoms. The van der Waals surface area contributed by atoms with E-state index in [1.54, 1.807) is 7.11 Å². The third-order valence-electron chi connectivity index (χ3n) is 5.10. The molecule has 5 nitrogen and oxygen atoms in total. The van der Waals surface area contributed by atoms with Gasteiger partial charge in [0.1, 0.15) is 25.2 Å². The molecule has 0 saturated heterocycles. The van der Waals surface area contributed by atoms with Crippen molar-refractivity contribution in [3.8, 4) is 11.5 Å². The SMILES string of the molecule is C/C=C/COc1cc(C)c(OCCCCCCCCN(CC)C/C=N/OC)c(C)c1. The first-order chi connectivity index (χ1) is 14.6. The van der Waals surface area contributed by atoms with Gasteiger partial charge < -0.3 is 14.3 Å². The number of unbranched alkanes of at least 4 members (excludes halogenated alkanes) is 5. The summed E-state index contributed by atoms with van der Waals surface area (Å²) in [5.74, 6) is 1.91. The zero-order valence-electron chi connectivity index (χ0n) is 19.8. The molecule has 5 heteroatoms. The Morgan fingerprint density at radius 1 is 0.967 bits per heavy atom. The Balaban J connectivity index is 2.16. The molecular formula is C25H42N2O3. The Labute approximate surface area is 184 Å². The molecule has 30 heavy (non-hydrogen) atoms. The number of nitrogens with zero attached hydrogens (tertiary/aromatic N) is 2. The Hall–Kier alpha value is -2.01. The van der Waals surface area contributed by atoms with Gasteiger partial charge in [-0.15, -0.1) is 0 Å². The van der Waals surface area contributed by atoms with Crippen LogP contribution in [0.5, 0.6) is 11.5 Å². The van der Waals surface area contributed by atoms with E-state index in [4.69, 9.17) is 14.3 Å². The lowest BCUT2D eigenvalue weighted by Crippen LogP contribution is -2.26. The normalized spacial score (nSPS) is 11.7. The average molecular weight is 419 g/mol. The Morgan fingerprint density at radius 3 is 2.27 bits per heavy atom. The molecule has 0 atom stereocenters. The summed E-state index contributed by atoms with van der Waals surface area (Å²) >= 11 is 0. The van der Waals surface area contributed by atoms with Crippen LogP contribution < -0.4 is 9.47 Å². The molecule has 0 aromatic heterocycles. The van der Waals surface area contributed by atoms with Crippen LogP contribution in [0, 0.1) is 13.8 Å². The molecule has 0 saturated carbocycles. The van der Waals surface area contributed by atoms with Gasteiger partial charge in [0.2, 0.25) is 0 Å². The highest BCUT2D eigenvalue weighted by atomic mass is 16.6. The minimum absolute atomic E-state index is 0.605. The number of benzene rings is 1. The first-order valence-electron chi connectivity index (χ1n) is 11.4. The lowest BCUT2D eigenvalue weighted by molar-refractivity contribution is 0.212. The minimum atomic E-state index is 0.605. The molecule has 0 aliphatic carbocycles. The topological polar surface area (TPSA) is 43.3 Å². The van der Waals surface area contributed by atoms with Crippen LogP contribution in [0.1, 0.15) is 63.5 Å². The van der Waals surface area contributed by atoms with Gasteiger partial charge in [-0.1, -0.05) is 49.9 Å². The predicted molar refractivity (Wildman–Crippen MR) is 127 cm³/mol. The highest BCUT2D eigenvalue weighted by Gasteiger charge is 2.07. The summed E-state index contributed by atoms with van der Waals surface area (Å²) in [4.78, 5) is 7.10. The molecule has 0 unspecified atom stereocenters. The van der Waals surface area contributed by atoms with E-state index in [1.165, 1.54) is 32.1 Å². The van der Waals surface area contributed by atoms with Crippen LogP contribution in [-0.2, 0) is 4.84 Å². The molecule has 0 heterocycles. The van der Waals surface area contributed by atoms with E-state index in [9.17, 15) is 0 Å². The van der Waals surface area contributed by atoms with Crippen LogP contribution in [0.4, 0.5) is 0 Å². The molecule has 0 N–H and O–H groups in total. The molecule has 0 aliphatic heterocycles. The van der Waals surface area contributed by atoms with E-state index in [0.717, 1.165) is 55.3 Å². The molecule has 0 spiro atoms. The Kier molecular flexibility index (Phi) is 14.5. The van der Waals surface area contributed by atoms with Gasteiger partial charge in [0.25, 0.3) is 0 Å². The van der Waals surface area contributed by atoms with Crippen LogP contribution in [0.25, 0.3) is 0 Å². The molecule has 0 radical (unpaired) electrons. The van der Waals surface area contributed by atoms with Crippen molar-refractivity contribution in [1.82, 2.24) is 4.90 Å². The Morgan fingerprint density at radius 2 is 1.63 bits per heavy atom. The van der Waals surface area contributed by atoms with Crippen molar-refractivity contribution >= 4 is 6.21 Å². The fourth-order valence-corrected chi connectivity index (χ4v) is 3.38. The maximum Gasteiger partial charge on any atom is 0.125 e. The Bertz CT molecular complexity index is 606. The largest absolute Gasteiger partial charge is 0.493 e. The van der Waals surface area contributed by atoms with Gasteiger partial charge in [0, 0.05) is 6.54 Å². The molecule has 1 rings (SSSR count). The van der Waals surface area contributed by atoms with Gasteiger partial charge in [-0.3, -0.25) is 4.90 Å².